The number of carbonyl (C=O) groups is 4. The fourth-order valence-corrected chi connectivity index (χ4v) is 17.3. The van der Waals surface area contributed by atoms with Gasteiger partial charge in [-0.2, -0.15) is 0 Å². The van der Waals surface area contributed by atoms with Gasteiger partial charge in [-0.05, 0) is 112 Å². The SMILES string of the molecule is CCCCOCCCN1C(C(C(=O)Nc2ccccc2SC(C)(C)CC(C)(C)C)N2C(=O)OC(C)(C)C2=O)=Nc2ccccc2S1(=O)=O.CCCCOCCCN1C(C(Cl)C(=O)Nc2ccccc2SC(C)(C)CC(C)(C)C)=Nc2ccccc2S1(=O)=O. The van der Waals surface area contributed by atoms with E-state index in [9.17, 15) is 36.0 Å². The number of anilines is 2. The highest BCUT2D eigenvalue weighted by Gasteiger charge is 2.55. The van der Waals surface area contributed by atoms with E-state index in [0.717, 1.165) is 56.9 Å². The summed E-state index contributed by atoms with van der Waals surface area (Å²) < 4.78 is 74.1. The first-order chi connectivity index (χ1) is 41.1. The quantitative estimate of drug-likeness (QED) is 0.0322. The van der Waals surface area contributed by atoms with Crippen LogP contribution >= 0.6 is 35.1 Å². The summed E-state index contributed by atoms with van der Waals surface area (Å²) in [7, 11) is -8.20. The molecule has 4 aromatic rings. The van der Waals surface area contributed by atoms with Crippen LogP contribution in [0.1, 0.15) is 148 Å². The van der Waals surface area contributed by atoms with Crippen LogP contribution in [-0.2, 0) is 48.6 Å². The Morgan fingerprint density at radius 2 is 0.977 bits per heavy atom. The van der Waals surface area contributed by atoms with Gasteiger partial charge in [0.2, 0.25) is 5.91 Å². The van der Waals surface area contributed by atoms with E-state index in [4.69, 9.17) is 25.8 Å². The van der Waals surface area contributed by atoms with Crippen molar-refractivity contribution in [1.29, 1.82) is 0 Å². The monoisotopic (exact) mass is 1310 g/mol. The minimum Gasteiger partial charge on any atom is -0.433 e. The second-order valence-corrected chi connectivity index (χ2v) is 33.8. The number of nitrogens with zero attached hydrogens (tertiary/aromatic N) is 5. The lowest BCUT2D eigenvalue weighted by Crippen LogP contribution is -2.59. The number of alkyl halides is 1. The second-order valence-electron chi connectivity index (χ2n) is 26.2. The van der Waals surface area contributed by atoms with Crippen molar-refractivity contribution in [2.24, 2.45) is 20.8 Å². The largest absolute Gasteiger partial charge is 0.433 e. The number of halogens is 1. The number of benzene rings is 4. The average Bonchev–Trinajstić information content (AvgIpc) is 1.14. The summed E-state index contributed by atoms with van der Waals surface area (Å²) in [6.07, 6.45) is 5.29. The predicted octanol–water partition coefficient (Wildman–Crippen LogP) is 14.5. The molecule has 482 valence electrons. The summed E-state index contributed by atoms with van der Waals surface area (Å²) in [6.45, 7) is 30.6. The number of hydrogen-bond acceptors (Lipinski definition) is 15. The van der Waals surface area contributed by atoms with Gasteiger partial charge in [0, 0.05) is 58.8 Å². The molecular formula is C65H90ClN7O11S4. The van der Waals surface area contributed by atoms with Crippen molar-refractivity contribution in [3.63, 3.8) is 0 Å². The number of aliphatic imine (C=N–C) groups is 2. The molecule has 0 aromatic heterocycles. The van der Waals surface area contributed by atoms with Crippen LogP contribution in [0.5, 0.6) is 0 Å². The van der Waals surface area contributed by atoms with Crippen LogP contribution in [0.4, 0.5) is 27.5 Å². The molecule has 0 bridgehead atoms. The number of ether oxygens (including phenoxy) is 3. The normalized spacial score (nSPS) is 16.9. The third-order valence-corrected chi connectivity index (χ3v) is 20.5. The first kappa shape index (κ1) is 71.6. The van der Waals surface area contributed by atoms with E-state index in [1.54, 1.807) is 66.0 Å². The molecule has 0 saturated carbocycles. The van der Waals surface area contributed by atoms with Gasteiger partial charge in [-0.25, -0.2) is 36.5 Å². The van der Waals surface area contributed by atoms with Crippen molar-refractivity contribution in [1.82, 2.24) is 13.5 Å². The zero-order chi connectivity index (χ0) is 65.0. The van der Waals surface area contributed by atoms with Gasteiger partial charge in [-0.1, -0.05) is 144 Å². The topological polar surface area (TPSA) is 223 Å². The first-order valence-electron chi connectivity index (χ1n) is 30.1. The molecule has 2 unspecified atom stereocenters. The lowest BCUT2D eigenvalue weighted by molar-refractivity contribution is -0.137. The van der Waals surface area contributed by atoms with Gasteiger partial charge in [-0.15, -0.1) is 35.1 Å². The van der Waals surface area contributed by atoms with Gasteiger partial charge >= 0.3 is 6.09 Å². The van der Waals surface area contributed by atoms with E-state index in [2.05, 4.69) is 96.8 Å². The molecule has 0 spiro atoms. The maximum atomic E-state index is 14.5. The number of para-hydroxylation sites is 4. The molecule has 23 heteroatoms. The van der Waals surface area contributed by atoms with Crippen molar-refractivity contribution in [2.75, 3.05) is 50.2 Å². The van der Waals surface area contributed by atoms with Gasteiger partial charge < -0.3 is 24.8 Å². The maximum Gasteiger partial charge on any atom is 0.418 e. The molecule has 0 aliphatic carbocycles. The molecule has 18 nitrogen and oxygen atoms in total. The Hall–Kier alpha value is -5.49. The van der Waals surface area contributed by atoms with Crippen LogP contribution in [0.3, 0.4) is 0 Å². The highest BCUT2D eigenvalue weighted by molar-refractivity contribution is 8.01. The van der Waals surface area contributed by atoms with E-state index in [1.807, 2.05) is 43.3 Å². The Morgan fingerprint density at radius 1 is 0.591 bits per heavy atom. The average molecular weight is 1310 g/mol. The van der Waals surface area contributed by atoms with E-state index in [1.165, 1.54) is 32.0 Å². The van der Waals surface area contributed by atoms with E-state index in [0.29, 0.717) is 42.5 Å². The summed E-state index contributed by atoms with van der Waals surface area (Å²) >= 11 is 10.0. The molecule has 4 aromatic carbocycles. The zero-order valence-electron chi connectivity index (χ0n) is 53.5. The Bertz CT molecular complexity index is 3410. The van der Waals surface area contributed by atoms with E-state index in [-0.39, 0.29) is 79.3 Å². The van der Waals surface area contributed by atoms with E-state index >= 15 is 0 Å². The van der Waals surface area contributed by atoms with Crippen LogP contribution in [0.25, 0.3) is 0 Å². The third-order valence-electron chi connectivity index (χ3n) is 13.9. The highest BCUT2D eigenvalue weighted by Crippen LogP contribution is 2.46. The molecule has 4 amide bonds. The van der Waals surface area contributed by atoms with E-state index < -0.39 is 60.9 Å². The number of cyclic esters (lactones) is 1. The maximum absolute atomic E-state index is 14.5. The Kier molecular flexibility index (Phi) is 24.5. The summed E-state index contributed by atoms with van der Waals surface area (Å²) in [5, 5.41) is 4.52. The summed E-state index contributed by atoms with van der Waals surface area (Å²) in [4.78, 5) is 66.7. The lowest BCUT2D eigenvalue weighted by atomic mass is 9.86. The number of nitrogens with one attached hydrogen (secondary N) is 2. The summed E-state index contributed by atoms with van der Waals surface area (Å²) in [5.41, 5.74) is 0.0567. The molecule has 3 aliphatic heterocycles. The van der Waals surface area contributed by atoms with Crippen LogP contribution in [0.2, 0.25) is 0 Å². The number of thioether (sulfide) groups is 2. The molecule has 3 heterocycles. The molecule has 88 heavy (non-hydrogen) atoms. The zero-order valence-corrected chi connectivity index (χ0v) is 57.6. The number of unbranched alkanes of at least 4 members (excludes halogenated alkanes) is 2. The smallest absolute Gasteiger partial charge is 0.418 e. The number of amides is 4. The Balaban J connectivity index is 0.000000286. The number of carbonyl (C=O) groups excluding carboxylic acids is 4. The minimum absolute atomic E-state index is 0.00961. The van der Waals surface area contributed by atoms with Crippen LogP contribution in [0.15, 0.2) is 127 Å². The van der Waals surface area contributed by atoms with Crippen molar-refractivity contribution < 1.29 is 50.2 Å². The van der Waals surface area contributed by atoms with Crippen molar-refractivity contribution in [2.45, 2.75) is 194 Å². The third kappa shape index (κ3) is 19.0. The summed E-state index contributed by atoms with van der Waals surface area (Å²) in [5.74, 6) is -2.42. The molecular weight excluding hydrogens is 1220 g/mol. The van der Waals surface area contributed by atoms with Crippen molar-refractivity contribution in [3.8, 4) is 0 Å². The van der Waals surface area contributed by atoms with Gasteiger partial charge in [0.15, 0.2) is 22.9 Å². The highest BCUT2D eigenvalue weighted by atomic mass is 35.5. The fourth-order valence-electron chi connectivity index (χ4n) is 10.9. The van der Waals surface area contributed by atoms with Gasteiger partial charge in [0.05, 0.1) is 22.7 Å². The second kappa shape index (κ2) is 30.1. The van der Waals surface area contributed by atoms with Crippen LogP contribution in [0, 0.1) is 10.8 Å². The van der Waals surface area contributed by atoms with Gasteiger partial charge in [-0.3, -0.25) is 23.0 Å². The molecule has 1 fully saturated rings. The molecule has 7 rings (SSSR count). The first-order valence-corrected chi connectivity index (χ1v) is 35.0. The summed E-state index contributed by atoms with van der Waals surface area (Å²) in [6, 6.07) is 25.8. The standard InChI is InChI=1S/C35H48N4O7S2.C30H42ClN3O4S2/c1-9-10-21-45-22-15-20-38-29(36-25-17-12-14-19-27(25)48(38,43)44)28(39-31(41)35(7,8)46-32(39)42)30(40)37-24-16-11-13-18-26(24)47-34(5,6)23-33(2,3)4;1-7-8-19-38-20-13-18-34-27(32-23-15-10-12-17-25(23)40(34,36)37)26(31)28(35)33-22-14-9-11-16-24(22)39-30(5,6)21-29(2,3)4/h11-14,16-19,28H,9-10,15,20-23H2,1-8H3,(H,37,40);9-12,14-17,26H,7-8,13,18-21H2,1-6H3,(H,33,35). The van der Waals surface area contributed by atoms with Gasteiger partial charge in [0.25, 0.3) is 31.9 Å². The lowest BCUT2D eigenvalue weighted by Gasteiger charge is -2.35. The molecule has 1 saturated heterocycles. The van der Waals surface area contributed by atoms with Crippen LogP contribution < -0.4 is 10.6 Å². The molecule has 2 atom stereocenters. The number of rotatable bonds is 27. The van der Waals surface area contributed by atoms with Crippen molar-refractivity contribution >= 4 is 113 Å². The number of imide groups is 1. The molecule has 0 radical (unpaired) electrons. The van der Waals surface area contributed by atoms with Crippen LogP contribution in [-0.4, -0.2) is 132 Å². The fraction of sp³-hybridized carbons (Fsp3) is 0.538. The Labute approximate surface area is 536 Å². The number of amidine groups is 2. The number of fused-ring (bicyclic) bond motifs is 2. The minimum atomic E-state index is -4.25. The predicted molar refractivity (Wildman–Crippen MR) is 355 cm³/mol. The molecule has 3 aliphatic rings. The number of hydrogen-bond donors (Lipinski definition) is 2. The van der Waals surface area contributed by atoms with Gasteiger partial charge in [0.1, 0.15) is 15.6 Å². The molecule has 2 N–H and O–H groups in total. The van der Waals surface area contributed by atoms with Crippen molar-refractivity contribution in [3.05, 3.63) is 97.1 Å². The Morgan fingerprint density at radius 3 is 1.40 bits per heavy atom. The number of sulfonamides is 2.